The maximum Gasteiger partial charge on any atom is 0.240 e. The minimum absolute atomic E-state index is 0.0718. The van der Waals surface area contributed by atoms with Crippen LogP contribution in [-0.4, -0.2) is 27.9 Å². The van der Waals surface area contributed by atoms with Crippen molar-refractivity contribution in [3.8, 4) is 0 Å². The first-order chi connectivity index (χ1) is 9.13. The molecule has 19 heavy (non-hydrogen) atoms. The number of nitrogens with zero attached hydrogens (tertiary/aromatic N) is 2. The van der Waals surface area contributed by atoms with Crippen molar-refractivity contribution >= 4 is 5.91 Å². The molecule has 1 saturated carbocycles. The number of hydrogen-bond acceptors (Lipinski definition) is 3. The lowest BCUT2D eigenvalue weighted by molar-refractivity contribution is -0.135. The number of aromatic nitrogens is 1. The zero-order chi connectivity index (χ0) is 13.8. The van der Waals surface area contributed by atoms with Crippen LogP contribution in [0.3, 0.4) is 0 Å². The highest BCUT2D eigenvalue weighted by Crippen LogP contribution is 2.29. The van der Waals surface area contributed by atoms with Crippen molar-refractivity contribution in [2.24, 2.45) is 11.7 Å². The van der Waals surface area contributed by atoms with Gasteiger partial charge in [-0.1, -0.05) is 26.3 Å². The van der Waals surface area contributed by atoms with Gasteiger partial charge >= 0.3 is 0 Å². The third kappa shape index (κ3) is 3.53. The Labute approximate surface area is 115 Å². The van der Waals surface area contributed by atoms with E-state index in [1.807, 2.05) is 30.0 Å². The Morgan fingerprint density at radius 3 is 2.79 bits per heavy atom. The molecule has 1 aromatic rings. The van der Waals surface area contributed by atoms with E-state index in [1.54, 1.807) is 6.20 Å². The summed E-state index contributed by atoms with van der Waals surface area (Å²) in [6.45, 7) is 4.68. The molecule has 0 aromatic carbocycles. The maximum absolute atomic E-state index is 12.5. The minimum Gasteiger partial charge on any atom is -0.332 e. The van der Waals surface area contributed by atoms with E-state index in [0.29, 0.717) is 12.6 Å². The van der Waals surface area contributed by atoms with Gasteiger partial charge < -0.3 is 10.6 Å². The molecule has 1 amide bonds. The molecule has 2 rings (SSSR count). The predicted octanol–water partition coefficient (Wildman–Crippen LogP) is 1.95. The Morgan fingerprint density at radius 1 is 1.53 bits per heavy atom. The molecule has 0 radical (unpaired) electrons. The van der Waals surface area contributed by atoms with E-state index in [4.69, 9.17) is 5.73 Å². The SMILES string of the molecule is CCC(C)C(N)C(=O)N(Cc1ccccn1)C1CC1. The molecule has 2 atom stereocenters. The van der Waals surface area contributed by atoms with Crippen molar-refractivity contribution in [2.75, 3.05) is 0 Å². The van der Waals surface area contributed by atoms with E-state index in [1.165, 1.54) is 0 Å². The molecule has 4 heteroatoms. The lowest BCUT2D eigenvalue weighted by Gasteiger charge is -2.27. The van der Waals surface area contributed by atoms with Crippen LogP contribution in [0.4, 0.5) is 0 Å². The van der Waals surface area contributed by atoms with Crippen LogP contribution in [0.2, 0.25) is 0 Å². The molecule has 0 saturated heterocycles. The van der Waals surface area contributed by atoms with Crippen molar-refractivity contribution in [3.63, 3.8) is 0 Å². The number of hydrogen-bond donors (Lipinski definition) is 1. The predicted molar refractivity (Wildman–Crippen MR) is 75.2 cm³/mol. The number of carbonyl (C=O) groups is 1. The first-order valence-corrected chi connectivity index (χ1v) is 7.09. The highest BCUT2D eigenvalue weighted by atomic mass is 16.2. The standard InChI is InChI=1S/C15H23N3O/c1-3-11(2)14(16)15(19)18(13-7-8-13)10-12-6-4-5-9-17-12/h4-6,9,11,13-14H,3,7-8,10,16H2,1-2H3. The van der Waals surface area contributed by atoms with Crippen molar-refractivity contribution in [2.45, 2.75) is 51.7 Å². The summed E-state index contributed by atoms with van der Waals surface area (Å²) in [4.78, 5) is 18.7. The van der Waals surface area contributed by atoms with E-state index in [2.05, 4.69) is 11.9 Å². The van der Waals surface area contributed by atoms with Gasteiger partial charge in [-0.05, 0) is 30.9 Å². The average molecular weight is 261 g/mol. The lowest BCUT2D eigenvalue weighted by atomic mass is 9.98. The van der Waals surface area contributed by atoms with Gasteiger partial charge in [-0.25, -0.2) is 0 Å². The normalized spacial score (nSPS) is 17.8. The number of nitrogens with two attached hydrogens (primary N) is 1. The molecule has 1 aromatic heterocycles. The molecule has 2 unspecified atom stereocenters. The highest BCUT2D eigenvalue weighted by Gasteiger charge is 2.36. The molecule has 1 aliphatic rings. The lowest BCUT2D eigenvalue weighted by Crippen LogP contribution is -2.47. The van der Waals surface area contributed by atoms with Crippen LogP contribution in [0.25, 0.3) is 0 Å². The molecule has 4 nitrogen and oxygen atoms in total. The third-order valence-corrected chi connectivity index (χ3v) is 3.87. The van der Waals surface area contributed by atoms with Gasteiger partial charge in [0.25, 0.3) is 0 Å². The van der Waals surface area contributed by atoms with Crippen molar-refractivity contribution < 1.29 is 4.79 Å². The monoisotopic (exact) mass is 261 g/mol. The van der Waals surface area contributed by atoms with Gasteiger partial charge in [0.15, 0.2) is 0 Å². The Hall–Kier alpha value is -1.42. The van der Waals surface area contributed by atoms with Crippen LogP contribution < -0.4 is 5.73 Å². The smallest absolute Gasteiger partial charge is 0.240 e. The Kier molecular flexibility index (Phi) is 4.53. The van der Waals surface area contributed by atoms with Crippen LogP contribution in [0.5, 0.6) is 0 Å². The van der Waals surface area contributed by atoms with Gasteiger partial charge in [0.2, 0.25) is 5.91 Å². The molecule has 0 bridgehead atoms. The zero-order valence-corrected chi connectivity index (χ0v) is 11.7. The van der Waals surface area contributed by atoms with Crippen LogP contribution in [0.15, 0.2) is 24.4 Å². The molecule has 2 N–H and O–H groups in total. The van der Waals surface area contributed by atoms with Gasteiger partial charge in [0, 0.05) is 12.2 Å². The number of amides is 1. The maximum atomic E-state index is 12.5. The van der Waals surface area contributed by atoms with Crippen LogP contribution in [-0.2, 0) is 11.3 Å². The van der Waals surface area contributed by atoms with Gasteiger partial charge in [-0.15, -0.1) is 0 Å². The molecule has 1 aliphatic carbocycles. The second kappa shape index (κ2) is 6.15. The Bertz CT molecular complexity index is 417. The molecule has 0 aliphatic heterocycles. The fourth-order valence-corrected chi connectivity index (χ4v) is 2.13. The van der Waals surface area contributed by atoms with Crippen molar-refractivity contribution in [1.29, 1.82) is 0 Å². The van der Waals surface area contributed by atoms with Gasteiger partial charge in [0.05, 0.1) is 18.3 Å². The second-order valence-electron chi connectivity index (χ2n) is 5.43. The van der Waals surface area contributed by atoms with Crippen LogP contribution >= 0.6 is 0 Å². The summed E-state index contributed by atoms with van der Waals surface area (Å²) >= 11 is 0. The first-order valence-electron chi connectivity index (χ1n) is 7.09. The summed E-state index contributed by atoms with van der Waals surface area (Å²) in [6.07, 6.45) is 4.87. The van der Waals surface area contributed by atoms with Gasteiger partial charge in [-0.3, -0.25) is 9.78 Å². The molecular formula is C15H23N3O. The average Bonchev–Trinajstić information content (AvgIpc) is 3.28. The fraction of sp³-hybridized carbons (Fsp3) is 0.600. The van der Waals surface area contributed by atoms with E-state index in [-0.39, 0.29) is 11.8 Å². The summed E-state index contributed by atoms with van der Waals surface area (Å²) in [6, 6.07) is 5.76. The molecule has 104 valence electrons. The minimum atomic E-state index is -0.394. The first kappa shape index (κ1) is 14.0. The topological polar surface area (TPSA) is 59.2 Å². The molecular weight excluding hydrogens is 238 g/mol. The molecule has 1 fully saturated rings. The summed E-state index contributed by atoms with van der Waals surface area (Å²) in [7, 11) is 0. The van der Waals surface area contributed by atoms with Crippen LogP contribution in [0, 0.1) is 5.92 Å². The number of carbonyl (C=O) groups excluding carboxylic acids is 1. The highest BCUT2D eigenvalue weighted by molar-refractivity contribution is 5.82. The van der Waals surface area contributed by atoms with Crippen molar-refractivity contribution in [1.82, 2.24) is 9.88 Å². The quantitative estimate of drug-likeness (QED) is 0.851. The van der Waals surface area contributed by atoms with Gasteiger partial charge in [-0.2, -0.15) is 0 Å². The largest absolute Gasteiger partial charge is 0.332 e. The summed E-state index contributed by atoms with van der Waals surface area (Å²) in [5.41, 5.74) is 7.01. The van der Waals surface area contributed by atoms with E-state index in [9.17, 15) is 4.79 Å². The summed E-state index contributed by atoms with van der Waals surface area (Å²) < 4.78 is 0. The fourth-order valence-electron chi connectivity index (χ4n) is 2.13. The molecule has 1 heterocycles. The third-order valence-electron chi connectivity index (χ3n) is 3.87. The summed E-state index contributed by atoms with van der Waals surface area (Å²) in [5.74, 6) is 0.292. The Balaban J connectivity index is 2.06. The number of pyridine rings is 1. The van der Waals surface area contributed by atoms with Gasteiger partial charge in [0.1, 0.15) is 0 Å². The summed E-state index contributed by atoms with van der Waals surface area (Å²) in [5, 5.41) is 0. The van der Waals surface area contributed by atoms with E-state index >= 15 is 0 Å². The van der Waals surface area contributed by atoms with Crippen molar-refractivity contribution in [3.05, 3.63) is 30.1 Å². The Morgan fingerprint density at radius 2 is 2.26 bits per heavy atom. The second-order valence-corrected chi connectivity index (χ2v) is 5.43. The van der Waals surface area contributed by atoms with E-state index in [0.717, 1.165) is 25.0 Å². The molecule has 0 spiro atoms. The van der Waals surface area contributed by atoms with E-state index < -0.39 is 6.04 Å². The number of rotatable bonds is 6. The zero-order valence-electron chi connectivity index (χ0n) is 11.7. The van der Waals surface area contributed by atoms with Crippen LogP contribution in [0.1, 0.15) is 38.8 Å².